The van der Waals surface area contributed by atoms with E-state index in [1.165, 1.54) is 0 Å². The number of amides is 1. The Balaban J connectivity index is 0.00000108. The molecule has 0 atom stereocenters. The highest BCUT2D eigenvalue weighted by Gasteiger charge is 2.47. The van der Waals surface area contributed by atoms with E-state index in [4.69, 9.17) is 18.7 Å². The number of piperidine rings is 1. The number of anilines is 1. The summed E-state index contributed by atoms with van der Waals surface area (Å²) >= 11 is 0. The number of carbonyl (C=O) groups is 1. The molecule has 0 N–H and O–H groups in total. The molecule has 0 radical (unpaired) electrons. The van der Waals surface area contributed by atoms with Crippen molar-refractivity contribution in [2.45, 2.75) is 25.0 Å². The molecular formula is C30H24F3N3O5. The van der Waals surface area contributed by atoms with Crippen LogP contribution in [0.4, 0.5) is 23.7 Å². The van der Waals surface area contributed by atoms with Gasteiger partial charge in [-0.2, -0.15) is 9.59 Å². The minimum atomic E-state index is -1.27. The second kappa shape index (κ2) is 11.8. The third-order valence-electron chi connectivity index (χ3n) is 7.15. The Hall–Kier alpha value is -4.73. The predicted molar refractivity (Wildman–Crippen MR) is 140 cm³/mol. The van der Waals surface area contributed by atoms with Gasteiger partial charge in [0.2, 0.25) is 5.89 Å². The van der Waals surface area contributed by atoms with E-state index in [2.05, 4.69) is 9.88 Å². The van der Waals surface area contributed by atoms with Crippen LogP contribution in [-0.4, -0.2) is 47.4 Å². The van der Waals surface area contributed by atoms with E-state index in [1.54, 1.807) is 17.0 Å². The maximum Gasteiger partial charge on any atom is 0.415 e. The predicted octanol–water partition coefficient (Wildman–Crippen LogP) is 5.83. The fourth-order valence-corrected chi connectivity index (χ4v) is 5.09. The molecular weight excluding hydrogens is 539 g/mol. The SMILES string of the molecule is O=C1OC2(CCN(Cc3nc(-c4ccccc4)oc3-c3cc(F)c(F)cc3F)CC2)CN1c1ccccc1.O=C=O. The number of hydrogen-bond donors (Lipinski definition) is 0. The summed E-state index contributed by atoms with van der Waals surface area (Å²) in [5, 5.41) is 0. The lowest BCUT2D eigenvalue weighted by Gasteiger charge is -2.37. The fraction of sp³-hybridized carbons (Fsp3) is 0.233. The van der Waals surface area contributed by atoms with E-state index in [-0.39, 0.29) is 29.5 Å². The van der Waals surface area contributed by atoms with Crippen LogP contribution in [0.25, 0.3) is 22.8 Å². The molecule has 210 valence electrons. The number of para-hydroxylation sites is 1. The average Bonchev–Trinajstić information content (AvgIpc) is 3.54. The second-order valence-electron chi connectivity index (χ2n) is 9.74. The first-order chi connectivity index (χ1) is 19.8. The van der Waals surface area contributed by atoms with E-state index in [9.17, 15) is 18.0 Å². The molecule has 2 saturated heterocycles. The maximum atomic E-state index is 14.7. The molecule has 6 rings (SSSR count). The summed E-state index contributed by atoms with van der Waals surface area (Å²) < 4.78 is 54.2. The van der Waals surface area contributed by atoms with Crippen LogP contribution in [0, 0.1) is 17.5 Å². The maximum absolute atomic E-state index is 14.7. The summed E-state index contributed by atoms with van der Waals surface area (Å²) in [5.74, 6) is -3.06. The van der Waals surface area contributed by atoms with Crippen LogP contribution < -0.4 is 4.90 Å². The van der Waals surface area contributed by atoms with Gasteiger partial charge in [0.1, 0.15) is 17.1 Å². The van der Waals surface area contributed by atoms with Crippen molar-refractivity contribution in [2.75, 3.05) is 24.5 Å². The van der Waals surface area contributed by atoms with E-state index in [0.29, 0.717) is 56.3 Å². The van der Waals surface area contributed by atoms with Crippen LogP contribution in [-0.2, 0) is 20.9 Å². The Morgan fingerprint density at radius 1 is 0.878 bits per heavy atom. The Labute approximate surface area is 233 Å². The number of likely N-dealkylation sites (tertiary alicyclic amines) is 1. The van der Waals surface area contributed by atoms with Gasteiger partial charge in [0, 0.05) is 49.8 Å². The molecule has 3 aromatic carbocycles. The highest BCUT2D eigenvalue weighted by atomic mass is 19.2. The zero-order valence-electron chi connectivity index (χ0n) is 21.7. The van der Waals surface area contributed by atoms with Gasteiger partial charge < -0.3 is 9.15 Å². The highest BCUT2D eigenvalue weighted by Crippen LogP contribution is 2.38. The fourth-order valence-electron chi connectivity index (χ4n) is 5.09. The molecule has 0 unspecified atom stereocenters. The van der Waals surface area contributed by atoms with Crippen molar-refractivity contribution in [3.63, 3.8) is 0 Å². The van der Waals surface area contributed by atoms with Gasteiger partial charge >= 0.3 is 12.2 Å². The minimum absolute atomic E-state index is 0.0584. The first kappa shape index (κ1) is 27.8. The lowest BCUT2D eigenvalue weighted by molar-refractivity contribution is -0.191. The largest absolute Gasteiger partial charge is 0.441 e. The van der Waals surface area contributed by atoms with Crippen molar-refractivity contribution >= 4 is 17.9 Å². The van der Waals surface area contributed by atoms with Gasteiger partial charge in [-0.15, -0.1) is 0 Å². The van der Waals surface area contributed by atoms with Crippen LogP contribution in [0.15, 0.2) is 77.2 Å². The van der Waals surface area contributed by atoms with E-state index >= 15 is 0 Å². The van der Waals surface area contributed by atoms with Crippen molar-refractivity contribution in [1.82, 2.24) is 9.88 Å². The first-order valence-electron chi connectivity index (χ1n) is 12.8. The van der Waals surface area contributed by atoms with Gasteiger partial charge in [-0.1, -0.05) is 36.4 Å². The molecule has 0 aliphatic carbocycles. The van der Waals surface area contributed by atoms with Gasteiger partial charge in [0.15, 0.2) is 17.4 Å². The molecule has 8 nitrogen and oxygen atoms in total. The van der Waals surface area contributed by atoms with Crippen molar-refractivity contribution in [1.29, 1.82) is 0 Å². The number of hydrogen-bond acceptors (Lipinski definition) is 7. The number of oxazole rings is 1. The molecule has 2 aliphatic rings. The van der Waals surface area contributed by atoms with Crippen LogP contribution >= 0.6 is 0 Å². The molecule has 2 fully saturated rings. The summed E-state index contributed by atoms with van der Waals surface area (Å²) in [5.41, 5.74) is 1.12. The summed E-state index contributed by atoms with van der Waals surface area (Å²) in [6.45, 7) is 1.97. The van der Waals surface area contributed by atoms with Crippen molar-refractivity contribution in [2.24, 2.45) is 0 Å². The number of carbonyl (C=O) groups excluding carboxylic acids is 3. The number of aromatic nitrogens is 1. The number of benzene rings is 3. The van der Waals surface area contributed by atoms with Gasteiger partial charge in [-0.25, -0.2) is 22.9 Å². The monoisotopic (exact) mass is 563 g/mol. The standard InChI is InChI=1S/C29H24F3N3O3.CO2/c30-22-16-24(32)23(31)15-21(22)26-25(33-27(37-26)19-7-3-1-4-8-19)17-34-13-11-29(12-14-34)18-35(28(36)38-29)20-9-5-2-6-10-20;2-1-3/h1-10,15-16H,11-14,17-18H2;. The van der Waals surface area contributed by atoms with Crippen molar-refractivity contribution < 1.29 is 36.7 Å². The zero-order valence-corrected chi connectivity index (χ0v) is 21.7. The van der Waals surface area contributed by atoms with Crippen LogP contribution in [0.1, 0.15) is 18.5 Å². The summed E-state index contributed by atoms with van der Waals surface area (Å²) in [7, 11) is 0. The van der Waals surface area contributed by atoms with Gasteiger partial charge in [-0.3, -0.25) is 9.80 Å². The summed E-state index contributed by atoms with van der Waals surface area (Å²) in [4.78, 5) is 37.2. The number of nitrogens with zero attached hydrogens (tertiary/aromatic N) is 3. The molecule has 3 heterocycles. The minimum Gasteiger partial charge on any atom is -0.441 e. The van der Waals surface area contributed by atoms with Gasteiger partial charge in [0.25, 0.3) is 0 Å². The molecule has 4 aromatic rings. The molecule has 41 heavy (non-hydrogen) atoms. The first-order valence-corrected chi connectivity index (χ1v) is 12.8. The van der Waals surface area contributed by atoms with E-state index < -0.39 is 23.1 Å². The van der Waals surface area contributed by atoms with E-state index in [1.807, 2.05) is 48.5 Å². The normalized spacial score (nSPS) is 16.2. The summed E-state index contributed by atoms with van der Waals surface area (Å²) in [6.07, 6.45) is 1.12. The molecule has 0 saturated carbocycles. The van der Waals surface area contributed by atoms with Gasteiger partial charge in [-0.05, 0) is 30.3 Å². The Bertz CT molecular complexity index is 1570. The van der Waals surface area contributed by atoms with Gasteiger partial charge in [0.05, 0.1) is 12.1 Å². The topological polar surface area (TPSA) is 92.9 Å². The Morgan fingerprint density at radius 2 is 1.49 bits per heavy atom. The smallest absolute Gasteiger partial charge is 0.415 e. The third-order valence-corrected chi connectivity index (χ3v) is 7.15. The molecule has 1 aromatic heterocycles. The average molecular weight is 564 g/mol. The number of ether oxygens (including phenoxy) is 1. The molecule has 2 aliphatic heterocycles. The Morgan fingerprint density at radius 3 is 2.15 bits per heavy atom. The quantitative estimate of drug-likeness (QED) is 0.282. The van der Waals surface area contributed by atoms with Crippen molar-refractivity contribution in [3.05, 3.63) is 95.9 Å². The molecule has 0 bridgehead atoms. The molecule has 11 heteroatoms. The van der Waals surface area contributed by atoms with E-state index in [0.717, 1.165) is 11.8 Å². The Kier molecular flexibility index (Phi) is 8.00. The number of rotatable bonds is 5. The zero-order chi connectivity index (χ0) is 29.0. The number of halogens is 3. The van der Waals surface area contributed by atoms with Crippen LogP contribution in [0.5, 0.6) is 0 Å². The van der Waals surface area contributed by atoms with Crippen LogP contribution in [0.3, 0.4) is 0 Å². The molecule has 1 amide bonds. The summed E-state index contributed by atoms with van der Waals surface area (Å²) in [6, 6.07) is 19.8. The lowest BCUT2D eigenvalue weighted by Crippen LogP contribution is -2.46. The lowest BCUT2D eigenvalue weighted by atomic mass is 9.91. The third kappa shape index (κ3) is 5.91. The second-order valence-corrected chi connectivity index (χ2v) is 9.74. The molecule has 1 spiro atoms. The van der Waals surface area contributed by atoms with Crippen LogP contribution in [0.2, 0.25) is 0 Å². The highest BCUT2D eigenvalue weighted by molar-refractivity contribution is 5.90. The van der Waals surface area contributed by atoms with Crippen molar-refractivity contribution in [3.8, 4) is 22.8 Å².